The number of carbonyl (C=O) groups excluding carboxylic acids is 1. The van der Waals surface area contributed by atoms with Crippen LogP contribution in [0.25, 0.3) is 0 Å². The van der Waals surface area contributed by atoms with Crippen molar-refractivity contribution in [2.75, 3.05) is 13.1 Å². The fourth-order valence-corrected chi connectivity index (χ4v) is 1.28. The summed E-state index contributed by atoms with van der Waals surface area (Å²) in [5.74, 6) is 0.905. The van der Waals surface area contributed by atoms with Crippen molar-refractivity contribution >= 4 is 5.91 Å². The minimum absolute atomic E-state index is 0.324. The number of carbonyl (C=O) groups is 1. The maximum atomic E-state index is 10.9. The molecular formula is C7H13NO. The lowest BCUT2D eigenvalue weighted by atomic mass is 10.2. The molecule has 0 aromatic heterocycles. The van der Waals surface area contributed by atoms with Crippen LogP contribution < -0.4 is 0 Å². The molecule has 52 valence electrons. The number of hydrogen-bond acceptors (Lipinski definition) is 1. The summed E-state index contributed by atoms with van der Waals surface area (Å²) in [5.41, 5.74) is 0. The van der Waals surface area contributed by atoms with Gasteiger partial charge in [-0.1, -0.05) is 6.92 Å². The zero-order chi connectivity index (χ0) is 6.85. The Hall–Kier alpha value is -0.530. The second kappa shape index (κ2) is 2.38. The molecule has 9 heavy (non-hydrogen) atoms. The van der Waals surface area contributed by atoms with Gasteiger partial charge in [0.05, 0.1) is 0 Å². The van der Waals surface area contributed by atoms with Gasteiger partial charge in [0.25, 0.3) is 0 Å². The first-order chi connectivity index (χ1) is 4.24. The van der Waals surface area contributed by atoms with Crippen molar-refractivity contribution in [1.29, 1.82) is 0 Å². The van der Waals surface area contributed by atoms with E-state index in [0.29, 0.717) is 11.8 Å². The monoisotopic (exact) mass is 127 g/mol. The highest BCUT2D eigenvalue weighted by atomic mass is 16.2. The van der Waals surface area contributed by atoms with Crippen LogP contribution in [0.5, 0.6) is 0 Å². The van der Waals surface area contributed by atoms with Gasteiger partial charge in [-0.05, 0) is 12.8 Å². The largest absolute Gasteiger partial charge is 0.343 e. The van der Waals surface area contributed by atoms with Crippen molar-refractivity contribution < 1.29 is 4.79 Å². The SMILES string of the molecule is CCN1C[C@@H](C)CC1=O. The topological polar surface area (TPSA) is 20.3 Å². The lowest BCUT2D eigenvalue weighted by Gasteiger charge is -2.11. The van der Waals surface area contributed by atoms with E-state index in [9.17, 15) is 4.79 Å². The molecule has 2 heteroatoms. The molecule has 2 nitrogen and oxygen atoms in total. The predicted octanol–water partition coefficient (Wildman–Crippen LogP) is 0.875. The molecule has 0 aliphatic carbocycles. The van der Waals surface area contributed by atoms with Crippen LogP contribution in [0, 0.1) is 5.92 Å². The van der Waals surface area contributed by atoms with Crippen LogP contribution in [0.3, 0.4) is 0 Å². The number of nitrogens with zero attached hydrogens (tertiary/aromatic N) is 1. The molecule has 1 fully saturated rings. The van der Waals surface area contributed by atoms with E-state index in [-0.39, 0.29) is 0 Å². The van der Waals surface area contributed by atoms with Crippen LogP contribution in [0.4, 0.5) is 0 Å². The lowest BCUT2D eigenvalue weighted by molar-refractivity contribution is -0.127. The average molecular weight is 127 g/mol. The van der Waals surface area contributed by atoms with Crippen LogP contribution in [0.2, 0.25) is 0 Å². The van der Waals surface area contributed by atoms with Crippen molar-refractivity contribution in [2.24, 2.45) is 5.92 Å². The van der Waals surface area contributed by atoms with Gasteiger partial charge in [0.2, 0.25) is 5.91 Å². The molecule has 0 N–H and O–H groups in total. The molecule has 0 radical (unpaired) electrons. The number of hydrogen-bond donors (Lipinski definition) is 0. The number of amides is 1. The van der Waals surface area contributed by atoms with Crippen molar-refractivity contribution in [3.8, 4) is 0 Å². The van der Waals surface area contributed by atoms with Crippen LogP contribution in [-0.2, 0) is 4.79 Å². The summed E-state index contributed by atoms with van der Waals surface area (Å²) >= 11 is 0. The summed E-state index contributed by atoms with van der Waals surface area (Å²) in [4.78, 5) is 12.8. The number of rotatable bonds is 1. The molecule has 1 saturated heterocycles. The first kappa shape index (κ1) is 6.59. The van der Waals surface area contributed by atoms with Gasteiger partial charge >= 0.3 is 0 Å². The van der Waals surface area contributed by atoms with Gasteiger partial charge < -0.3 is 4.90 Å². The van der Waals surface area contributed by atoms with Crippen LogP contribution in [0.15, 0.2) is 0 Å². The Morgan fingerprint density at radius 2 is 2.44 bits per heavy atom. The molecule has 1 rings (SSSR count). The standard InChI is InChI=1S/C7H13NO/c1-3-8-5-6(2)4-7(8)9/h6H,3-5H2,1-2H3/t6-/m0/s1. The molecule has 1 amide bonds. The second-order valence-corrected chi connectivity index (χ2v) is 2.74. The van der Waals surface area contributed by atoms with Crippen LogP contribution >= 0.6 is 0 Å². The van der Waals surface area contributed by atoms with E-state index in [1.165, 1.54) is 0 Å². The van der Waals surface area contributed by atoms with Gasteiger partial charge in [-0.2, -0.15) is 0 Å². The molecule has 0 bridgehead atoms. The maximum absolute atomic E-state index is 10.9. The van der Waals surface area contributed by atoms with Crippen LogP contribution in [0.1, 0.15) is 20.3 Å². The van der Waals surface area contributed by atoms with E-state index in [4.69, 9.17) is 0 Å². The van der Waals surface area contributed by atoms with E-state index < -0.39 is 0 Å². The summed E-state index contributed by atoms with van der Waals surface area (Å²) in [7, 11) is 0. The van der Waals surface area contributed by atoms with Gasteiger partial charge in [-0.15, -0.1) is 0 Å². The molecule has 0 unspecified atom stereocenters. The Morgan fingerprint density at radius 1 is 1.78 bits per heavy atom. The zero-order valence-corrected chi connectivity index (χ0v) is 6.05. The normalized spacial score (nSPS) is 27.6. The molecule has 1 aliphatic heterocycles. The molecule has 1 aliphatic rings. The quantitative estimate of drug-likeness (QED) is 0.512. The molecule has 0 saturated carbocycles. The Labute approximate surface area is 55.8 Å². The Bertz CT molecular complexity index is 122. The van der Waals surface area contributed by atoms with Gasteiger partial charge in [-0.3, -0.25) is 4.79 Å². The highest BCUT2D eigenvalue weighted by molar-refractivity contribution is 5.78. The van der Waals surface area contributed by atoms with Crippen molar-refractivity contribution in [1.82, 2.24) is 4.90 Å². The molecular weight excluding hydrogens is 114 g/mol. The van der Waals surface area contributed by atoms with Crippen molar-refractivity contribution in [3.05, 3.63) is 0 Å². The molecule has 1 atom stereocenters. The van der Waals surface area contributed by atoms with Crippen molar-refractivity contribution in [2.45, 2.75) is 20.3 Å². The lowest BCUT2D eigenvalue weighted by Crippen LogP contribution is -2.24. The summed E-state index contributed by atoms with van der Waals surface area (Å²) in [6.45, 7) is 5.99. The summed E-state index contributed by atoms with van der Waals surface area (Å²) in [6.07, 6.45) is 0.758. The van der Waals surface area contributed by atoms with E-state index in [1.54, 1.807) is 0 Å². The molecule has 0 aromatic carbocycles. The average Bonchev–Trinajstić information content (AvgIpc) is 2.10. The molecule has 1 heterocycles. The third kappa shape index (κ3) is 1.23. The predicted molar refractivity (Wildman–Crippen MR) is 36.0 cm³/mol. The van der Waals surface area contributed by atoms with E-state index in [2.05, 4.69) is 6.92 Å². The molecule has 0 spiro atoms. The smallest absolute Gasteiger partial charge is 0.222 e. The van der Waals surface area contributed by atoms with Gasteiger partial charge in [0.15, 0.2) is 0 Å². The van der Waals surface area contributed by atoms with E-state index in [1.807, 2.05) is 11.8 Å². The van der Waals surface area contributed by atoms with Crippen molar-refractivity contribution in [3.63, 3.8) is 0 Å². The van der Waals surface area contributed by atoms with E-state index >= 15 is 0 Å². The van der Waals surface area contributed by atoms with Gasteiger partial charge in [-0.25, -0.2) is 0 Å². The third-order valence-electron chi connectivity index (χ3n) is 1.79. The highest BCUT2D eigenvalue weighted by Gasteiger charge is 2.24. The summed E-state index contributed by atoms with van der Waals surface area (Å²) in [5, 5.41) is 0. The minimum atomic E-state index is 0.324. The van der Waals surface area contributed by atoms with Gasteiger partial charge in [0.1, 0.15) is 0 Å². The first-order valence-corrected chi connectivity index (χ1v) is 3.51. The third-order valence-corrected chi connectivity index (χ3v) is 1.79. The second-order valence-electron chi connectivity index (χ2n) is 2.74. The fourth-order valence-electron chi connectivity index (χ4n) is 1.28. The molecule has 0 aromatic rings. The number of likely N-dealkylation sites (tertiary alicyclic amines) is 1. The maximum Gasteiger partial charge on any atom is 0.222 e. The summed E-state index contributed by atoms with van der Waals surface area (Å²) < 4.78 is 0. The Kier molecular flexibility index (Phi) is 1.74. The van der Waals surface area contributed by atoms with Crippen LogP contribution in [-0.4, -0.2) is 23.9 Å². The fraction of sp³-hybridized carbons (Fsp3) is 0.857. The van der Waals surface area contributed by atoms with E-state index in [0.717, 1.165) is 19.5 Å². The zero-order valence-electron chi connectivity index (χ0n) is 6.05. The minimum Gasteiger partial charge on any atom is -0.343 e. The Balaban J connectivity index is 2.48. The highest BCUT2D eigenvalue weighted by Crippen LogP contribution is 2.15. The van der Waals surface area contributed by atoms with Gasteiger partial charge in [0, 0.05) is 19.5 Å². The first-order valence-electron chi connectivity index (χ1n) is 3.51. The summed E-state index contributed by atoms with van der Waals surface area (Å²) in [6, 6.07) is 0. The Morgan fingerprint density at radius 3 is 2.67 bits per heavy atom.